The lowest BCUT2D eigenvalue weighted by Crippen LogP contribution is -2.49. The van der Waals surface area contributed by atoms with Crippen LogP contribution < -0.4 is 5.32 Å². The monoisotopic (exact) mass is 314 g/mol. The summed E-state index contributed by atoms with van der Waals surface area (Å²) in [7, 11) is 0. The Morgan fingerprint density at radius 2 is 1.83 bits per heavy atom. The molecule has 1 fully saturated rings. The summed E-state index contributed by atoms with van der Waals surface area (Å²) in [5.74, 6) is 0.292. The summed E-state index contributed by atoms with van der Waals surface area (Å²) in [4.78, 5) is 15.0. The van der Waals surface area contributed by atoms with Crippen molar-refractivity contribution in [1.29, 1.82) is 0 Å². The molecule has 0 amide bonds. The first-order chi connectivity index (χ1) is 10.9. The number of ketones is 1. The number of hydrogen-bond acceptors (Lipinski definition) is 3. The van der Waals surface area contributed by atoms with Crippen molar-refractivity contribution in [1.82, 2.24) is 4.90 Å². The van der Waals surface area contributed by atoms with Crippen molar-refractivity contribution in [2.45, 2.75) is 58.4 Å². The highest BCUT2D eigenvalue weighted by Crippen LogP contribution is 2.36. The zero-order valence-electron chi connectivity index (χ0n) is 14.8. The van der Waals surface area contributed by atoms with E-state index in [1.54, 1.807) is 0 Å². The Kier molecular flexibility index (Phi) is 4.50. The smallest absolute Gasteiger partial charge is 0.165 e. The van der Waals surface area contributed by atoms with Crippen molar-refractivity contribution in [3.8, 4) is 0 Å². The maximum atomic E-state index is 12.4. The number of nitrogens with one attached hydrogen (secondary N) is 1. The number of nitrogens with zero attached hydrogens (tertiary/aromatic N) is 1. The van der Waals surface area contributed by atoms with Crippen LogP contribution in [0.5, 0.6) is 0 Å². The molecule has 0 aliphatic carbocycles. The minimum Gasteiger partial charge on any atom is -0.379 e. The molecule has 0 aromatic heterocycles. The molecule has 0 saturated carbocycles. The average molecular weight is 314 g/mol. The van der Waals surface area contributed by atoms with Crippen molar-refractivity contribution in [3.05, 3.63) is 29.8 Å². The van der Waals surface area contributed by atoms with Crippen LogP contribution in [0.25, 0.3) is 0 Å². The van der Waals surface area contributed by atoms with Crippen LogP contribution in [-0.2, 0) is 0 Å². The third-order valence-corrected chi connectivity index (χ3v) is 5.45. The number of Topliss-reactive ketones (excluding diaryl/α,β-unsaturated/α-hetero) is 1. The van der Waals surface area contributed by atoms with E-state index in [0.29, 0.717) is 17.6 Å². The normalized spacial score (nSPS) is 21.6. The van der Waals surface area contributed by atoms with E-state index in [4.69, 9.17) is 0 Å². The third kappa shape index (κ3) is 3.95. The van der Waals surface area contributed by atoms with Crippen molar-refractivity contribution in [3.63, 3.8) is 0 Å². The number of carbonyl (C=O) groups is 1. The van der Waals surface area contributed by atoms with E-state index in [2.05, 4.69) is 37.1 Å². The molecule has 1 aromatic rings. The van der Waals surface area contributed by atoms with Crippen LogP contribution in [0.1, 0.15) is 63.2 Å². The predicted octanol–water partition coefficient (Wildman–Crippen LogP) is 4.35. The number of rotatable bonds is 2. The van der Waals surface area contributed by atoms with E-state index in [0.717, 1.165) is 43.6 Å². The first-order valence-corrected chi connectivity index (χ1v) is 9.00. The number of fused-ring (bicyclic) bond motifs is 1. The van der Waals surface area contributed by atoms with Gasteiger partial charge in [-0.15, -0.1) is 0 Å². The summed E-state index contributed by atoms with van der Waals surface area (Å²) < 4.78 is 0. The molecule has 1 aromatic carbocycles. The van der Waals surface area contributed by atoms with Crippen LogP contribution in [0.3, 0.4) is 0 Å². The van der Waals surface area contributed by atoms with E-state index >= 15 is 0 Å². The van der Waals surface area contributed by atoms with Gasteiger partial charge in [0.25, 0.3) is 0 Å². The summed E-state index contributed by atoms with van der Waals surface area (Å²) in [5, 5.41) is 3.75. The number of likely N-dealkylation sites (tertiary alicyclic amines) is 1. The van der Waals surface area contributed by atoms with Crippen LogP contribution in [0.4, 0.5) is 5.69 Å². The average Bonchev–Trinajstić information content (AvgIpc) is 2.64. The minimum absolute atomic E-state index is 0.112. The number of para-hydroxylation sites is 1. The highest BCUT2D eigenvalue weighted by molar-refractivity contribution is 6.02. The van der Waals surface area contributed by atoms with E-state index in [1.165, 1.54) is 13.0 Å². The lowest BCUT2D eigenvalue weighted by Gasteiger charge is -2.43. The molecule has 3 rings (SSSR count). The van der Waals surface area contributed by atoms with E-state index in [-0.39, 0.29) is 5.54 Å². The second-order valence-corrected chi connectivity index (χ2v) is 8.53. The fraction of sp³-hybridized carbons (Fsp3) is 0.650. The first kappa shape index (κ1) is 16.5. The zero-order valence-corrected chi connectivity index (χ0v) is 14.8. The molecule has 2 aliphatic heterocycles. The largest absolute Gasteiger partial charge is 0.379 e. The zero-order chi connectivity index (χ0) is 16.5. The van der Waals surface area contributed by atoms with Crippen molar-refractivity contribution < 1.29 is 4.79 Å². The molecule has 0 unspecified atom stereocenters. The molecule has 1 spiro atoms. The summed E-state index contributed by atoms with van der Waals surface area (Å²) in [6.07, 6.45) is 5.16. The summed E-state index contributed by atoms with van der Waals surface area (Å²) in [6.45, 7) is 10.4. The molecule has 1 N–H and O–H groups in total. The standard InChI is InChI=1S/C20H30N2O/c1-19(2,3)10-13-22-14-11-20(12-15-22)9-8-18(23)16-6-4-5-7-17(16)21-20/h4-7,21H,8-15H2,1-3H3. The highest BCUT2D eigenvalue weighted by atomic mass is 16.1. The maximum Gasteiger partial charge on any atom is 0.165 e. The van der Waals surface area contributed by atoms with Gasteiger partial charge in [0.15, 0.2) is 5.78 Å². The van der Waals surface area contributed by atoms with E-state index in [9.17, 15) is 4.79 Å². The second kappa shape index (κ2) is 6.27. The molecule has 0 radical (unpaired) electrons. The van der Waals surface area contributed by atoms with Crippen LogP contribution in [-0.4, -0.2) is 35.9 Å². The maximum absolute atomic E-state index is 12.4. The number of hydrogen-bond donors (Lipinski definition) is 1. The Labute approximate surface area is 140 Å². The van der Waals surface area contributed by atoms with Gasteiger partial charge in [0.2, 0.25) is 0 Å². The Hall–Kier alpha value is -1.35. The second-order valence-electron chi connectivity index (χ2n) is 8.53. The van der Waals surface area contributed by atoms with Gasteiger partial charge < -0.3 is 10.2 Å². The molecule has 2 aliphatic rings. The van der Waals surface area contributed by atoms with E-state index < -0.39 is 0 Å². The molecule has 0 bridgehead atoms. The number of benzene rings is 1. The lowest BCUT2D eigenvalue weighted by atomic mass is 9.83. The number of carbonyl (C=O) groups excluding carboxylic acids is 1. The molecule has 126 valence electrons. The molecule has 1 saturated heterocycles. The Balaban J connectivity index is 1.65. The summed E-state index contributed by atoms with van der Waals surface area (Å²) in [5.41, 5.74) is 2.43. The van der Waals surface area contributed by atoms with Gasteiger partial charge >= 0.3 is 0 Å². The highest BCUT2D eigenvalue weighted by Gasteiger charge is 2.37. The van der Waals surface area contributed by atoms with Gasteiger partial charge in [-0.1, -0.05) is 32.9 Å². The molecule has 3 heteroatoms. The topological polar surface area (TPSA) is 32.3 Å². The Morgan fingerprint density at radius 1 is 1.13 bits per heavy atom. The molecule has 23 heavy (non-hydrogen) atoms. The number of piperidine rings is 1. The van der Waals surface area contributed by atoms with Gasteiger partial charge in [-0.25, -0.2) is 0 Å². The Morgan fingerprint density at radius 3 is 2.52 bits per heavy atom. The first-order valence-electron chi connectivity index (χ1n) is 9.00. The van der Waals surface area contributed by atoms with Gasteiger partial charge in [-0.05, 0) is 49.8 Å². The van der Waals surface area contributed by atoms with Crippen molar-refractivity contribution in [2.24, 2.45) is 5.41 Å². The fourth-order valence-electron chi connectivity index (χ4n) is 3.74. The van der Waals surface area contributed by atoms with Crippen LogP contribution >= 0.6 is 0 Å². The van der Waals surface area contributed by atoms with Crippen LogP contribution in [0, 0.1) is 5.41 Å². The molecule has 3 nitrogen and oxygen atoms in total. The van der Waals surface area contributed by atoms with Crippen molar-refractivity contribution >= 4 is 11.5 Å². The number of anilines is 1. The van der Waals surface area contributed by atoms with Gasteiger partial charge in [-0.2, -0.15) is 0 Å². The minimum atomic E-state index is 0.112. The quantitative estimate of drug-likeness (QED) is 0.881. The third-order valence-electron chi connectivity index (χ3n) is 5.45. The fourth-order valence-corrected chi connectivity index (χ4v) is 3.74. The van der Waals surface area contributed by atoms with Gasteiger partial charge in [-0.3, -0.25) is 4.79 Å². The van der Waals surface area contributed by atoms with Crippen LogP contribution in [0.15, 0.2) is 24.3 Å². The van der Waals surface area contributed by atoms with E-state index in [1.807, 2.05) is 18.2 Å². The predicted molar refractivity (Wildman–Crippen MR) is 96.1 cm³/mol. The summed E-state index contributed by atoms with van der Waals surface area (Å²) >= 11 is 0. The molecule has 2 heterocycles. The Bertz CT molecular complexity index is 565. The SMILES string of the molecule is CC(C)(C)CCN1CCC2(CCC(=O)c3ccccc3N2)CC1. The molecule has 0 atom stereocenters. The van der Waals surface area contributed by atoms with Gasteiger partial charge in [0, 0.05) is 36.3 Å². The van der Waals surface area contributed by atoms with Crippen LogP contribution in [0.2, 0.25) is 0 Å². The molecular formula is C20H30N2O. The van der Waals surface area contributed by atoms with Gasteiger partial charge in [0.1, 0.15) is 0 Å². The molecular weight excluding hydrogens is 284 g/mol. The van der Waals surface area contributed by atoms with Gasteiger partial charge in [0.05, 0.1) is 0 Å². The lowest BCUT2D eigenvalue weighted by molar-refractivity contribution is 0.0962. The summed E-state index contributed by atoms with van der Waals surface area (Å²) in [6, 6.07) is 8.01. The van der Waals surface area contributed by atoms with Crippen molar-refractivity contribution in [2.75, 3.05) is 25.0 Å².